The highest BCUT2D eigenvalue weighted by molar-refractivity contribution is 5.96. The third-order valence-electron chi connectivity index (χ3n) is 6.96. The highest BCUT2D eigenvalue weighted by Gasteiger charge is 2.30. The topological polar surface area (TPSA) is 41.4 Å². The van der Waals surface area contributed by atoms with Crippen molar-refractivity contribution in [2.45, 2.75) is 6.04 Å². The Morgan fingerprint density at radius 2 is 1.17 bits per heavy atom. The van der Waals surface area contributed by atoms with Crippen molar-refractivity contribution in [2.75, 3.05) is 26.2 Å². The van der Waals surface area contributed by atoms with Crippen LogP contribution in [-0.4, -0.2) is 51.4 Å². The van der Waals surface area contributed by atoms with Gasteiger partial charge in [0.2, 0.25) is 5.82 Å². The molecule has 0 bridgehead atoms. The van der Waals surface area contributed by atoms with Gasteiger partial charge in [-0.05, 0) is 35.4 Å². The molecule has 0 spiro atoms. The quantitative estimate of drug-likeness (QED) is 0.336. The Bertz CT molecular complexity index is 1420. The van der Waals surface area contributed by atoms with Crippen molar-refractivity contribution in [3.63, 3.8) is 0 Å². The molecule has 178 valence electrons. The second-order valence-electron chi connectivity index (χ2n) is 9.15. The lowest BCUT2D eigenvalue weighted by atomic mass is 9.96. The second kappa shape index (κ2) is 9.80. The van der Waals surface area contributed by atoms with Gasteiger partial charge in [-0.1, -0.05) is 91.0 Å². The Labute approximate surface area is 211 Å². The van der Waals surface area contributed by atoms with Gasteiger partial charge < -0.3 is 4.90 Å². The smallest absolute Gasteiger partial charge is 0.290 e. The number of piperazine rings is 1. The van der Waals surface area contributed by atoms with Gasteiger partial charge in [0.05, 0.1) is 17.1 Å². The van der Waals surface area contributed by atoms with Gasteiger partial charge in [0, 0.05) is 31.9 Å². The minimum atomic E-state index is -0.0225. The van der Waals surface area contributed by atoms with Crippen LogP contribution in [0.2, 0.25) is 0 Å². The summed E-state index contributed by atoms with van der Waals surface area (Å²) < 4.78 is 1.99. The average Bonchev–Trinajstić information content (AvgIpc) is 3.35. The molecule has 2 heterocycles. The monoisotopic (exact) mass is 472 g/mol. The molecule has 0 saturated carbocycles. The van der Waals surface area contributed by atoms with Gasteiger partial charge in [0.25, 0.3) is 5.91 Å². The van der Waals surface area contributed by atoms with E-state index in [1.807, 2.05) is 64.1 Å². The number of fused-ring (bicyclic) bond motifs is 1. The third-order valence-corrected chi connectivity index (χ3v) is 6.96. The molecule has 1 aliphatic rings. The molecular formula is C31H28N4O. The number of aromatic nitrogens is 2. The molecule has 4 aromatic carbocycles. The van der Waals surface area contributed by atoms with Gasteiger partial charge in [0.15, 0.2) is 0 Å². The molecule has 1 saturated heterocycles. The molecule has 0 atom stereocenters. The summed E-state index contributed by atoms with van der Waals surface area (Å²) in [6.07, 6.45) is 0. The van der Waals surface area contributed by atoms with E-state index < -0.39 is 0 Å². The minimum absolute atomic E-state index is 0.0225. The van der Waals surface area contributed by atoms with Crippen LogP contribution in [0, 0.1) is 0 Å². The maximum Gasteiger partial charge on any atom is 0.290 e. The summed E-state index contributed by atoms with van der Waals surface area (Å²) in [5, 5.41) is 0. The van der Waals surface area contributed by atoms with E-state index in [1.54, 1.807) is 0 Å². The number of hydrogen-bond acceptors (Lipinski definition) is 3. The van der Waals surface area contributed by atoms with Crippen molar-refractivity contribution in [3.8, 4) is 5.69 Å². The standard InChI is InChI=1S/C31H28N4O/c36-31(30-32-27-18-10-11-19-28(27)35(30)26-16-8-3-9-17-26)34-22-20-33(21-23-34)29(24-12-4-1-5-13-24)25-14-6-2-7-15-25/h1-19,29H,20-23H2. The van der Waals surface area contributed by atoms with E-state index in [0.29, 0.717) is 18.9 Å². The number of carbonyl (C=O) groups is 1. The molecule has 36 heavy (non-hydrogen) atoms. The Morgan fingerprint density at radius 3 is 1.78 bits per heavy atom. The summed E-state index contributed by atoms with van der Waals surface area (Å²) in [6.45, 7) is 2.91. The van der Waals surface area contributed by atoms with Crippen LogP contribution in [0.4, 0.5) is 0 Å². The molecule has 5 heteroatoms. The van der Waals surface area contributed by atoms with E-state index in [-0.39, 0.29) is 11.9 Å². The largest absolute Gasteiger partial charge is 0.333 e. The molecule has 6 rings (SSSR count). The Hall–Kier alpha value is -4.22. The van der Waals surface area contributed by atoms with Crippen molar-refractivity contribution in [2.24, 2.45) is 0 Å². The number of benzene rings is 4. The number of amides is 1. The van der Waals surface area contributed by atoms with Crippen LogP contribution in [0.1, 0.15) is 27.8 Å². The summed E-state index contributed by atoms with van der Waals surface area (Å²) in [7, 11) is 0. The molecule has 1 aliphatic heterocycles. The predicted octanol–water partition coefficient (Wildman–Crippen LogP) is 5.57. The molecule has 5 aromatic rings. The molecule has 0 unspecified atom stereocenters. The first-order chi connectivity index (χ1) is 17.8. The summed E-state index contributed by atoms with van der Waals surface area (Å²) in [6, 6.07) is 39.4. The lowest BCUT2D eigenvalue weighted by molar-refractivity contribution is 0.0584. The van der Waals surface area contributed by atoms with Crippen molar-refractivity contribution in [1.29, 1.82) is 0 Å². The fourth-order valence-corrected chi connectivity index (χ4v) is 5.22. The van der Waals surface area contributed by atoms with E-state index in [2.05, 4.69) is 65.6 Å². The number of carbonyl (C=O) groups excluding carboxylic acids is 1. The number of imidazole rings is 1. The van der Waals surface area contributed by atoms with Gasteiger partial charge >= 0.3 is 0 Å². The molecule has 0 radical (unpaired) electrons. The molecule has 1 aromatic heterocycles. The molecule has 0 N–H and O–H groups in total. The van der Waals surface area contributed by atoms with Crippen LogP contribution in [0.5, 0.6) is 0 Å². The summed E-state index contributed by atoms with van der Waals surface area (Å²) >= 11 is 0. The number of hydrogen-bond donors (Lipinski definition) is 0. The lowest BCUT2D eigenvalue weighted by Crippen LogP contribution is -2.50. The molecule has 5 nitrogen and oxygen atoms in total. The minimum Gasteiger partial charge on any atom is -0.333 e. The van der Waals surface area contributed by atoms with E-state index in [1.165, 1.54) is 11.1 Å². The van der Waals surface area contributed by atoms with Crippen LogP contribution in [-0.2, 0) is 0 Å². The van der Waals surface area contributed by atoms with Crippen molar-refractivity contribution in [3.05, 3.63) is 132 Å². The first-order valence-electron chi connectivity index (χ1n) is 12.5. The van der Waals surface area contributed by atoms with Gasteiger partial charge in [-0.3, -0.25) is 14.3 Å². The van der Waals surface area contributed by atoms with Gasteiger partial charge in [-0.2, -0.15) is 0 Å². The van der Waals surface area contributed by atoms with E-state index in [4.69, 9.17) is 4.98 Å². The molecule has 1 fully saturated rings. The SMILES string of the molecule is O=C(c1nc2ccccc2n1-c1ccccc1)N1CCN(C(c2ccccc2)c2ccccc2)CC1. The first kappa shape index (κ1) is 22.3. The van der Waals surface area contributed by atoms with E-state index >= 15 is 0 Å². The van der Waals surface area contributed by atoms with E-state index in [0.717, 1.165) is 29.8 Å². The van der Waals surface area contributed by atoms with E-state index in [9.17, 15) is 4.79 Å². The van der Waals surface area contributed by atoms with Gasteiger partial charge in [0.1, 0.15) is 0 Å². The average molecular weight is 473 g/mol. The molecule has 1 amide bonds. The maximum atomic E-state index is 13.8. The fraction of sp³-hybridized carbons (Fsp3) is 0.161. The van der Waals surface area contributed by atoms with Gasteiger partial charge in [-0.15, -0.1) is 0 Å². The van der Waals surface area contributed by atoms with Crippen LogP contribution in [0.25, 0.3) is 16.7 Å². The van der Waals surface area contributed by atoms with Crippen molar-refractivity contribution < 1.29 is 4.79 Å². The first-order valence-corrected chi connectivity index (χ1v) is 12.5. The maximum absolute atomic E-state index is 13.8. The molecule has 0 aliphatic carbocycles. The highest BCUT2D eigenvalue weighted by atomic mass is 16.2. The number of nitrogens with zero attached hydrogens (tertiary/aromatic N) is 4. The summed E-state index contributed by atoms with van der Waals surface area (Å²) in [5.74, 6) is 0.448. The number of para-hydroxylation sites is 3. The fourth-order valence-electron chi connectivity index (χ4n) is 5.22. The Morgan fingerprint density at radius 1 is 0.639 bits per heavy atom. The van der Waals surface area contributed by atoms with Crippen molar-refractivity contribution >= 4 is 16.9 Å². The molecular weight excluding hydrogens is 444 g/mol. The highest BCUT2D eigenvalue weighted by Crippen LogP contribution is 2.30. The van der Waals surface area contributed by atoms with Crippen molar-refractivity contribution in [1.82, 2.24) is 19.4 Å². The van der Waals surface area contributed by atoms with Crippen LogP contribution in [0.3, 0.4) is 0 Å². The summed E-state index contributed by atoms with van der Waals surface area (Å²) in [4.78, 5) is 23.0. The summed E-state index contributed by atoms with van der Waals surface area (Å²) in [5.41, 5.74) is 5.26. The lowest BCUT2D eigenvalue weighted by Gasteiger charge is -2.39. The zero-order valence-corrected chi connectivity index (χ0v) is 20.1. The second-order valence-corrected chi connectivity index (χ2v) is 9.15. The van der Waals surface area contributed by atoms with Crippen LogP contribution in [0.15, 0.2) is 115 Å². The third kappa shape index (κ3) is 4.18. The number of rotatable bonds is 5. The van der Waals surface area contributed by atoms with Gasteiger partial charge in [-0.25, -0.2) is 4.98 Å². The predicted molar refractivity (Wildman–Crippen MR) is 143 cm³/mol. The van der Waals surface area contributed by atoms with Crippen LogP contribution < -0.4 is 0 Å². The van der Waals surface area contributed by atoms with Crippen LogP contribution >= 0.6 is 0 Å². The zero-order valence-electron chi connectivity index (χ0n) is 20.1. The normalized spacial score (nSPS) is 14.4. The Kier molecular flexibility index (Phi) is 6.06. The zero-order chi connectivity index (χ0) is 24.3. The Balaban J connectivity index is 1.28.